The van der Waals surface area contributed by atoms with Gasteiger partial charge in [-0.1, -0.05) is 18.2 Å². The van der Waals surface area contributed by atoms with Crippen molar-refractivity contribution >= 4 is 22.7 Å². The van der Waals surface area contributed by atoms with E-state index in [4.69, 9.17) is 5.10 Å². The molecule has 0 aliphatic rings. The molecule has 8 heteroatoms. The summed E-state index contributed by atoms with van der Waals surface area (Å²) in [7, 11) is 0. The topological polar surface area (TPSA) is 95.6 Å². The van der Waals surface area contributed by atoms with Gasteiger partial charge in [0.05, 0.1) is 17.6 Å². The number of aromatic nitrogens is 3. The number of hydrazone groups is 1. The van der Waals surface area contributed by atoms with Gasteiger partial charge < -0.3 is 10.2 Å². The van der Waals surface area contributed by atoms with Gasteiger partial charge >= 0.3 is 0 Å². The summed E-state index contributed by atoms with van der Waals surface area (Å²) in [5.41, 5.74) is 8.06. The lowest BCUT2D eigenvalue weighted by Crippen LogP contribution is -1.93. The van der Waals surface area contributed by atoms with Crippen molar-refractivity contribution in [1.82, 2.24) is 14.8 Å². The number of hydrogen-bond donors (Lipinski definition) is 3. The molecular weight excluding hydrogens is 434 g/mol. The largest absolute Gasteiger partial charge is 0.508 e. The Morgan fingerprint density at radius 3 is 2.21 bits per heavy atom. The molecule has 0 saturated carbocycles. The van der Waals surface area contributed by atoms with Gasteiger partial charge in [-0.15, -0.1) is 11.3 Å². The van der Waals surface area contributed by atoms with Crippen molar-refractivity contribution in [1.29, 1.82) is 0 Å². The number of hydrogen-bond acceptors (Lipinski definition) is 7. The standard InChI is InChI=1S/C25H19N5O2S/c31-21-10-6-17(7-11-21)23-16-33-25(27-23)28-26-14-19-15-30(20-4-2-1-3-5-20)29-24(19)18-8-12-22(32)13-9-18/h1-16,31-32H,(H,27,28)/b26-14+. The van der Waals surface area contributed by atoms with Crippen LogP contribution in [0.3, 0.4) is 0 Å². The number of nitrogens with zero attached hydrogens (tertiary/aromatic N) is 4. The molecule has 0 spiro atoms. The summed E-state index contributed by atoms with van der Waals surface area (Å²) in [6, 6.07) is 23.7. The summed E-state index contributed by atoms with van der Waals surface area (Å²) >= 11 is 1.44. The van der Waals surface area contributed by atoms with E-state index < -0.39 is 0 Å². The zero-order valence-corrected chi connectivity index (χ0v) is 18.1. The smallest absolute Gasteiger partial charge is 0.203 e. The van der Waals surface area contributed by atoms with E-state index in [0.717, 1.165) is 33.8 Å². The van der Waals surface area contributed by atoms with E-state index in [1.807, 2.05) is 66.2 Å². The molecule has 2 heterocycles. The molecule has 5 rings (SSSR count). The number of anilines is 1. The van der Waals surface area contributed by atoms with E-state index in [0.29, 0.717) is 5.13 Å². The van der Waals surface area contributed by atoms with Crippen LogP contribution in [0.5, 0.6) is 11.5 Å². The molecule has 0 aliphatic carbocycles. The van der Waals surface area contributed by atoms with Crippen molar-refractivity contribution in [3.63, 3.8) is 0 Å². The van der Waals surface area contributed by atoms with Crippen LogP contribution in [-0.4, -0.2) is 31.2 Å². The number of nitrogens with one attached hydrogen (secondary N) is 1. The Morgan fingerprint density at radius 1 is 0.848 bits per heavy atom. The summed E-state index contributed by atoms with van der Waals surface area (Å²) < 4.78 is 1.80. The van der Waals surface area contributed by atoms with Crippen LogP contribution in [0.2, 0.25) is 0 Å². The van der Waals surface area contributed by atoms with E-state index in [2.05, 4.69) is 15.5 Å². The molecule has 0 fully saturated rings. The molecule has 2 aromatic heterocycles. The van der Waals surface area contributed by atoms with E-state index in [9.17, 15) is 10.2 Å². The van der Waals surface area contributed by atoms with Gasteiger partial charge in [-0.05, 0) is 60.7 Å². The predicted molar refractivity (Wildman–Crippen MR) is 131 cm³/mol. The molecule has 0 amide bonds. The molecule has 162 valence electrons. The van der Waals surface area contributed by atoms with Gasteiger partial charge in [-0.2, -0.15) is 10.2 Å². The lowest BCUT2D eigenvalue weighted by Gasteiger charge is -2.00. The average Bonchev–Trinajstić information content (AvgIpc) is 3.49. The van der Waals surface area contributed by atoms with Crippen molar-refractivity contribution < 1.29 is 10.2 Å². The van der Waals surface area contributed by atoms with Crippen LogP contribution in [0.1, 0.15) is 5.56 Å². The Bertz CT molecular complexity index is 1390. The maximum Gasteiger partial charge on any atom is 0.203 e. The fraction of sp³-hybridized carbons (Fsp3) is 0. The predicted octanol–water partition coefficient (Wildman–Crippen LogP) is 5.52. The molecule has 7 nitrogen and oxygen atoms in total. The maximum absolute atomic E-state index is 9.64. The van der Waals surface area contributed by atoms with Crippen molar-refractivity contribution in [2.75, 3.05) is 5.43 Å². The van der Waals surface area contributed by atoms with Gasteiger partial charge in [0, 0.05) is 28.3 Å². The number of aromatic hydroxyl groups is 2. The fourth-order valence-corrected chi connectivity index (χ4v) is 3.95. The van der Waals surface area contributed by atoms with Crippen LogP contribution in [-0.2, 0) is 0 Å². The molecule has 5 aromatic rings. The average molecular weight is 454 g/mol. The minimum atomic E-state index is 0.200. The maximum atomic E-state index is 9.64. The second-order valence-corrected chi connectivity index (χ2v) is 8.07. The van der Waals surface area contributed by atoms with Crippen molar-refractivity contribution in [2.24, 2.45) is 5.10 Å². The molecule has 0 bridgehead atoms. The van der Waals surface area contributed by atoms with Gasteiger partial charge in [0.15, 0.2) is 0 Å². The number of phenols is 2. The van der Waals surface area contributed by atoms with Crippen LogP contribution < -0.4 is 5.43 Å². The highest BCUT2D eigenvalue weighted by atomic mass is 32.1. The van der Waals surface area contributed by atoms with Gasteiger partial charge in [0.25, 0.3) is 0 Å². The Morgan fingerprint density at radius 2 is 1.52 bits per heavy atom. The summed E-state index contributed by atoms with van der Waals surface area (Å²) in [6.07, 6.45) is 3.61. The van der Waals surface area contributed by atoms with E-state index in [-0.39, 0.29) is 11.5 Å². The summed E-state index contributed by atoms with van der Waals surface area (Å²) in [5, 5.41) is 30.8. The van der Waals surface area contributed by atoms with Gasteiger partial charge in [0.1, 0.15) is 17.2 Å². The second kappa shape index (κ2) is 8.97. The summed E-state index contributed by atoms with van der Waals surface area (Å²) in [5.74, 6) is 0.420. The third-order valence-electron chi connectivity index (χ3n) is 4.94. The first-order valence-corrected chi connectivity index (χ1v) is 11.0. The van der Waals surface area contributed by atoms with E-state index in [1.54, 1.807) is 35.2 Å². The highest BCUT2D eigenvalue weighted by Crippen LogP contribution is 2.27. The van der Waals surface area contributed by atoms with Crippen LogP contribution in [0.25, 0.3) is 28.2 Å². The van der Waals surface area contributed by atoms with Crippen LogP contribution in [0, 0.1) is 0 Å². The van der Waals surface area contributed by atoms with Gasteiger partial charge in [-0.25, -0.2) is 9.67 Å². The number of rotatable bonds is 6. The Kier molecular flexibility index (Phi) is 5.57. The zero-order valence-electron chi connectivity index (χ0n) is 17.3. The quantitative estimate of drug-likeness (QED) is 0.232. The number of thiazole rings is 1. The zero-order chi connectivity index (χ0) is 22.6. The van der Waals surface area contributed by atoms with Crippen LogP contribution in [0.4, 0.5) is 5.13 Å². The third-order valence-corrected chi connectivity index (χ3v) is 5.68. The van der Waals surface area contributed by atoms with Gasteiger partial charge in [0.2, 0.25) is 5.13 Å². The molecule has 0 atom stereocenters. The van der Waals surface area contributed by atoms with Crippen molar-refractivity contribution in [2.45, 2.75) is 0 Å². The molecule has 0 radical (unpaired) electrons. The normalized spacial score (nSPS) is 11.2. The second-order valence-electron chi connectivity index (χ2n) is 7.21. The number of benzene rings is 3. The van der Waals surface area contributed by atoms with E-state index >= 15 is 0 Å². The molecule has 33 heavy (non-hydrogen) atoms. The minimum absolute atomic E-state index is 0.200. The first-order chi connectivity index (χ1) is 16.2. The molecular formula is C25H19N5O2S. The molecule has 0 aliphatic heterocycles. The van der Waals surface area contributed by atoms with Crippen molar-refractivity contribution in [3.05, 3.63) is 96.0 Å². The van der Waals surface area contributed by atoms with Gasteiger partial charge in [-0.3, -0.25) is 5.43 Å². The SMILES string of the molecule is Oc1ccc(-c2csc(N/N=C/c3cn(-c4ccccc4)nc3-c3ccc(O)cc3)n2)cc1. The highest BCUT2D eigenvalue weighted by Gasteiger charge is 2.11. The lowest BCUT2D eigenvalue weighted by atomic mass is 10.1. The summed E-state index contributed by atoms with van der Waals surface area (Å²) in [4.78, 5) is 4.55. The molecule has 0 unspecified atom stereocenters. The fourth-order valence-electron chi connectivity index (χ4n) is 3.29. The van der Waals surface area contributed by atoms with Crippen LogP contribution in [0.15, 0.2) is 95.5 Å². The number of para-hydroxylation sites is 1. The Labute approximate surface area is 193 Å². The molecule has 3 aromatic carbocycles. The Balaban J connectivity index is 1.41. The van der Waals surface area contributed by atoms with E-state index in [1.165, 1.54) is 11.3 Å². The first kappa shape index (κ1) is 20.5. The molecule has 0 saturated heterocycles. The highest BCUT2D eigenvalue weighted by molar-refractivity contribution is 7.14. The molecule has 3 N–H and O–H groups in total. The monoisotopic (exact) mass is 453 g/mol. The lowest BCUT2D eigenvalue weighted by molar-refractivity contribution is 0.475. The Hall–Kier alpha value is -4.43. The van der Waals surface area contributed by atoms with Crippen LogP contribution >= 0.6 is 11.3 Å². The number of phenolic OH excluding ortho intramolecular Hbond substituents is 2. The third kappa shape index (κ3) is 4.60. The minimum Gasteiger partial charge on any atom is -0.508 e. The van der Waals surface area contributed by atoms with Crippen molar-refractivity contribution in [3.8, 4) is 39.7 Å². The first-order valence-electron chi connectivity index (χ1n) is 10.1. The summed E-state index contributed by atoms with van der Waals surface area (Å²) in [6.45, 7) is 0.